The van der Waals surface area contributed by atoms with Crippen LogP contribution in [0.2, 0.25) is 0 Å². The van der Waals surface area contributed by atoms with E-state index in [0.29, 0.717) is 5.92 Å². The van der Waals surface area contributed by atoms with Gasteiger partial charge in [0.1, 0.15) is 6.10 Å². The van der Waals surface area contributed by atoms with Crippen molar-refractivity contribution in [2.45, 2.75) is 39.2 Å². The van der Waals surface area contributed by atoms with Crippen LogP contribution in [0.5, 0.6) is 0 Å². The van der Waals surface area contributed by atoms with Crippen LogP contribution in [-0.4, -0.2) is 30.6 Å². The second-order valence-electron chi connectivity index (χ2n) is 6.27. The van der Waals surface area contributed by atoms with Crippen molar-refractivity contribution in [2.75, 3.05) is 19.6 Å². The zero-order valence-electron chi connectivity index (χ0n) is 12.1. The molecule has 0 radical (unpaired) electrons. The van der Waals surface area contributed by atoms with Gasteiger partial charge in [-0.25, -0.2) is 0 Å². The van der Waals surface area contributed by atoms with Gasteiger partial charge >= 0.3 is 0 Å². The lowest BCUT2D eigenvalue weighted by molar-refractivity contribution is 0.143. The Morgan fingerprint density at radius 2 is 2.11 bits per heavy atom. The molecule has 19 heavy (non-hydrogen) atoms. The van der Waals surface area contributed by atoms with Gasteiger partial charge in [0.15, 0.2) is 0 Å². The van der Waals surface area contributed by atoms with Crippen LogP contribution in [0.4, 0.5) is 0 Å². The molecule has 2 aliphatic heterocycles. The molecule has 3 aliphatic rings. The molecule has 1 fully saturated rings. The number of piperidine rings is 1. The number of hydrogen-bond acceptors (Lipinski definition) is 2. The van der Waals surface area contributed by atoms with Gasteiger partial charge in [-0.2, -0.15) is 0 Å². The summed E-state index contributed by atoms with van der Waals surface area (Å²) in [6.07, 6.45) is 14.9. The van der Waals surface area contributed by atoms with Gasteiger partial charge in [-0.3, -0.25) is 0 Å². The van der Waals surface area contributed by atoms with E-state index >= 15 is 0 Å². The minimum Gasteiger partial charge on any atom is -0.493 e. The van der Waals surface area contributed by atoms with Gasteiger partial charge in [0, 0.05) is 0 Å². The van der Waals surface area contributed by atoms with Crippen molar-refractivity contribution in [3.8, 4) is 0 Å². The number of fused-ring (bicyclic) bond motifs is 1. The predicted molar refractivity (Wildman–Crippen MR) is 78.8 cm³/mol. The molecule has 2 nitrogen and oxygen atoms in total. The molecule has 0 saturated carbocycles. The Bertz CT molecular complexity index is 415. The lowest BCUT2D eigenvalue weighted by Gasteiger charge is -2.37. The lowest BCUT2D eigenvalue weighted by Crippen LogP contribution is -2.38. The number of hydrogen-bond donors (Lipinski definition) is 0. The van der Waals surface area contributed by atoms with E-state index in [2.05, 4.69) is 49.3 Å². The predicted octanol–water partition coefficient (Wildman–Crippen LogP) is 3.52. The van der Waals surface area contributed by atoms with Gasteiger partial charge in [0.2, 0.25) is 0 Å². The molecule has 0 spiro atoms. The normalized spacial score (nSPS) is 35.1. The van der Waals surface area contributed by atoms with Crippen LogP contribution in [0, 0.1) is 11.3 Å². The van der Waals surface area contributed by atoms with Gasteiger partial charge in [-0.05, 0) is 63.4 Å². The summed E-state index contributed by atoms with van der Waals surface area (Å²) in [5.74, 6) is 0.708. The fourth-order valence-electron chi connectivity index (χ4n) is 3.76. The second-order valence-corrected chi connectivity index (χ2v) is 6.27. The highest BCUT2D eigenvalue weighted by atomic mass is 16.5. The minimum absolute atomic E-state index is 0.104. The summed E-state index contributed by atoms with van der Waals surface area (Å²) < 4.78 is 5.89. The molecule has 0 aromatic heterocycles. The highest BCUT2D eigenvalue weighted by molar-refractivity contribution is 5.36. The van der Waals surface area contributed by atoms with Crippen molar-refractivity contribution in [3.63, 3.8) is 0 Å². The third-order valence-corrected chi connectivity index (χ3v) is 4.96. The Kier molecular flexibility index (Phi) is 3.53. The van der Waals surface area contributed by atoms with Crippen LogP contribution in [0.15, 0.2) is 36.1 Å². The maximum Gasteiger partial charge on any atom is 0.129 e. The molecule has 0 aromatic rings. The molecular formula is C17H25NO. The molecular weight excluding hydrogens is 234 g/mol. The van der Waals surface area contributed by atoms with E-state index in [9.17, 15) is 0 Å². The van der Waals surface area contributed by atoms with Gasteiger partial charge in [-0.1, -0.05) is 25.2 Å². The first-order valence-corrected chi connectivity index (χ1v) is 7.68. The van der Waals surface area contributed by atoms with Gasteiger partial charge in [0.05, 0.1) is 11.7 Å². The Morgan fingerprint density at radius 3 is 2.84 bits per heavy atom. The van der Waals surface area contributed by atoms with E-state index in [-0.39, 0.29) is 11.5 Å². The standard InChI is InChI=1S/C17H25NO/c1-3-10-18-11-7-14(8-12-18)15-13-19-16-6-4-5-9-17(15,16)2/h4-6,9,13-14,16H,3,7-8,10-12H2,1-2H3. The SMILES string of the molecule is CCCN1CCC(C2=COC3C=CC=CC23C)CC1. The monoisotopic (exact) mass is 259 g/mol. The molecule has 2 unspecified atom stereocenters. The number of ether oxygens (including phenoxy) is 1. The molecule has 2 atom stereocenters. The van der Waals surface area contributed by atoms with Crippen LogP contribution in [0.1, 0.15) is 33.1 Å². The van der Waals surface area contributed by atoms with Gasteiger partial charge in [-0.15, -0.1) is 0 Å². The zero-order chi connectivity index (χ0) is 13.3. The maximum absolute atomic E-state index is 5.89. The fraction of sp³-hybridized carbons (Fsp3) is 0.647. The summed E-state index contributed by atoms with van der Waals surface area (Å²) in [4.78, 5) is 2.60. The van der Waals surface area contributed by atoms with Gasteiger partial charge in [0.25, 0.3) is 0 Å². The number of likely N-dealkylation sites (tertiary alicyclic amines) is 1. The average Bonchev–Trinajstić information content (AvgIpc) is 2.77. The van der Waals surface area contributed by atoms with E-state index in [1.807, 2.05) is 0 Å². The Balaban J connectivity index is 1.68. The summed E-state index contributed by atoms with van der Waals surface area (Å²) in [5.41, 5.74) is 1.63. The first-order valence-electron chi connectivity index (χ1n) is 7.68. The van der Waals surface area contributed by atoms with Gasteiger partial charge < -0.3 is 9.64 Å². The first kappa shape index (κ1) is 13.0. The zero-order valence-corrected chi connectivity index (χ0v) is 12.1. The average molecular weight is 259 g/mol. The van der Waals surface area contributed by atoms with Crippen LogP contribution in [-0.2, 0) is 4.74 Å². The van der Waals surface area contributed by atoms with E-state index < -0.39 is 0 Å². The smallest absolute Gasteiger partial charge is 0.129 e. The summed E-state index contributed by atoms with van der Waals surface area (Å²) in [7, 11) is 0. The van der Waals surface area contributed by atoms with E-state index in [0.717, 1.165) is 0 Å². The maximum atomic E-state index is 5.89. The third kappa shape index (κ3) is 2.27. The largest absolute Gasteiger partial charge is 0.493 e. The second kappa shape index (κ2) is 5.16. The van der Waals surface area contributed by atoms with E-state index in [1.165, 1.54) is 44.5 Å². The summed E-state index contributed by atoms with van der Waals surface area (Å²) in [6.45, 7) is 8.34. The molecule has 0 aromatic carbocycles. The Morgan fingerprint density at radius 1 is 1.32 bits per heavy atom. The quantitative estimate of drug-likeness (QED) is 0.769. The van der Waals surface area contributed by atoms with E-state index in [1.54, 1.807) is 0 Å². The van der Waals surface area contributed by atoms with Crippen molar-refractivity contribution in [2.24, 2.45) is 11.3 Å². The highest BCUT2D eigenvalue weighted by Gasteiger charge is 2.44. The van der Waals surface area contributed by atoms with Crippen molar-refractivity contribution < 1.29 is 4.74 Å². The number of nitrogens with zero attached hydrogens (tertiary/aromatic N) is 1. The molecule has 1 aliphatic carbocycles. The highest BCUT2D eigenvalue weighted by Crippen LogP contribution is 2.47. The van der Waals surface area contributed by atoms with Crippen molar-refractivity contribution in [1.82, 2.24) is 4.90 Å². The van der Waals surface area contributed by atoms with Crippen molar-refractivity contribution in [1.29, 1.82) is 0 Å². The third-order valence-electron chi connectivity index (χ3n) is 4.96. The molecule has 2 heterocycles. The summed E-state index contributed by atoms with van der Waals surface area (Å²) in [5, 5.41) is 0. The Labute approximate surface area is 116 Å². The molecule has 3 rings (SSSR count). The van der Waals surface area contributed by atoms with Crippen LogP contribution in [0.3, 0.4) is 0 Å². The van der Waals surface area contributed by atoms with Crippen LogP contribution >= 0.6 is 0 Å². The first-order chi connectivity index (χ1) is 9.24. The summed E-state index contributed by atoms with van der Waals surface area (Å²) in [6, 6.07) is 0. The molecule has 0 bridgehead atoms. The fourth-order valence-corrected chi connectivity index (χ4v) is 3.76. The van der Waals surface area contributed by atoms with E-state index in [4.69, 9.17) is 4.74 Å². The number of rotatable bonds is 3. The molecule has 0 N–H and O–H groups in total. The molecule has 0 amide bonds. The molecule has 1 saturated heterocycles. The number of allylic oxidation sites excluding steroid dienone is 2. The van der Waals surface area contributed by atoms with Crippen molar-refractivity contribution in [3.05, 3.63) is 36.1 Å². The minimum atomic E-state index is 0.104. The Hall–Kier alpha value is -1.02. The van der Waals surface area contributed by atoms with Crippen LogP contribution in [0.25, 0.3) is 0 Å². The van der Waals surface area contributed by atoms with Crippen molar-refractivity contribution >= 4 is 0 Å². The topological polar surface area (TPSA) is 12.5 Å². The summed E-state index contributed by atoms with van der Waals surface area (Å²) >= 11 is 0. The van der Waals surface area contributed by atoms with Crippen LogP contribution < -0.4 is 0 Å². The molecule has 2 heteroatoms. The lowest BCUT2D eigenvalue weighted by atomic mass is 9.70. The molecule has 104 valence electrons.